The summed E-state index contributed by atoms with van der Waals surface area (Å²) in [5, 5.41) is 2.61. The highest BCUT2D eigenvalue weighted by atomic mass is 19.1. The molecule has 0 bridgehead atoms. The van der Waals surface area contributed by atoms with Gasteiger partial charge in [-0.2, -0.15) is 0 Å². The third-order valence-corrected chi connectivity index (χ3v) is 4.49. The van der Waals surface area contributed by atoms with E-state index in [9.17, 15) is 23.2 Å². The van der Waals surface area contributed by atoms with E-state index in [0.717, 1.165) is 11.0 Å². The number of halogens is 2. The second-order valence-corrected chi connectivity index (χ2v) is 6.02. The lowest BCUT2D eigenvalue weighted by atomic mass is 9.87. The highest BCUT2D eigenvalue weighted by Crippen LogP contribution is 2.32. The van der Waals surface area contributed by atoms with Crippen LogP contribution in [0, 0.1) is 11.6 Å². The molecule has 0 aromatic heterocycles. The SMILES string of the molecule is CC[C@]1(c2ccc(F)cc2)NC(=O)N(CC(=O)c2cccc(F)c2)C1=O. The lowest BCUT2D eigenvalue weighted by Gasteiger charge is -2.25. The molecule has 0 spiro atoms. The average Bonchev–Trinajstić information content (AvgIpc) is 2.87. The molecule has 1 aliphatic rings. The first kappa shape index (κ1) is 17.7. The summed E-state index contributed by atoms with van der Waals surface area (Å²) in [5.41, 5.74) is -0.852. The van der Waals surface area contributed by atoms with Crippen LogP contribution in [0.5, 0.6) is 0 Å². The van der Waals surface area contributed by atoms with Crippen molar-refractivity contribution < 1.29 is 23.2 Å². The number of nitrogens with one attached hydrogen (secondary N) is 1. The maximum Gasteiger partial charge on any atom is 0.325 e. The Balaban J connectivity index is 1.88. The van der Waals surface area contributed by atoms with Crippen molar-refractivity contribution in [3.63, 3.8) is 0 Å². The number of ketones is 1. The molecule has 1 atom stereocenters. The summed E-state index contributed by atoms with van der Waals surface area (Å²) in [6, 6.07) is 9.57. The van der Waals surface area contributed by atoms with E-state index in [2.05, 4.69) is 5.32 Å². The van der Waals surface area contributed by atoms with Gasteiger partial charge in [-0.3, -0.25) is 14.5 Å². The summed E-state index contributed by atoms with van der Waals surface area (Å²) >= 11 is 0. The Hall–Kier alpha value is -3.09. The molecule has 5 nitrogen and oxygen atoms in total. The number of carbonyl (C=O) groups is 3. The second-order valence-electron chi connectivity index (χ2n) is 6.02. The van der Waals surface area contributed by atoms with Crippen molar-refractivity contribution in [2.24, 2.45) is 0 Å². The molecule has 134 valence electrons. The maximum atomic E-state index is 13.3. The van der Waals surface area contributed by atoms with E-state index in [4.69, 9.17) is 0 Å². The van der Waals surface area contributed by atoms with Crippen molar-refractivity contribution >= 4 is 17.7 Å². The predicted octanol–water partition coefficient (Wildman–Crippen LogP) is 3.00. The molecule has 1 N–H and O–H groups in total. The van der Waals surface area contributed by atoms with Crippen LogP contribution in [-0.2, 0) is 10.3 Å². The first-order valence-corrected chi connectivity index (χ1v) is 8.06. The van der Waals surface area contributed by atoms with Crippen molar-refractivity contribution in [1.82, 2.24) is 10.2 Å². The third-order valence-electron chi connectivity index (χ3n) is 4.49. The van der Waals surface area contributed by atoms with E-state index in [1.807, 2.05) is 0 Å². The fourth-order valence-electron chi connectivity index (χ4n) is 3.04. The number of urea groups is 1. The number of nitrogens with zero attached hydrogens (tertiary/aromatic N) is 1. The van der Waals surface area contributed by atoms with Crippen molar-refractivity contribution in [3.05, 3.63) is 71.3 Å². The molecule has 2 aromatic rings. The summed E-state index contributed by atoms with van der Waals surface area (Å²) in [7, 11) is 0. The smallest absolute Gasteiger partial charge is 0.319 e. The first-order chi connectivity index (χ1) is 12.4. The number of carbonyl (C=O) groups excluding carboxylic acids is 3. The van der Waals surface area contributed by atoms with Crippen LogP contribution in [0.2, 0.25) is 0 Å². The number of rotatable bonds is 5. The van der Waals surface area contributed by atoms with Crippen LogP contribution in [0.25, 0.3) is 0 Å². The van der Waals surface area contributed by atoms with Gasteiger partial charge in [-0.05, 0) is 36.2 Å². The third kappa shape index (κ3) is 2.96. The van der Waals surface area contributed by atoms with Gasteiger partial charge in [0.2, 0.25) is 0 Å². The van der Waals surface area contributed by atoms with Crippen LogP contribution in [0.4, 0.5) is 13.6 Å². The number of hydrogen-bond acceptors (Lipinski definition) is 3. The van der Waals surface area contributed by atoms with E-state index in [0.29, 0.717) is 5.56 Å². The fraction of sp³-hybridized carbons (Fsp3) is 0.211. The monoisotopic (exact) mass is 358 g/mol. The maximum absolute atomic E-state index is 13.3. The first-order valence-electron chi connectivity index (χ1n) is 8.06. The molecule has 26 heavy (non-hydrogen) atoms. The van der Waals surface area contributed by atoms with Gasteiger partial charge in [0.15, 0.2) is 5.78 Å². The van der Waals surface area contributed by atoms with Crippen LogP contribution in [-0.4, -0.2) is 29.2 Å². The Morgan fingerprint density at radius 1 is 1.08 bits per heavy atom. The molecule has 0 saturated carbocycles. The van der Waals surface area contributed by atoms with Gasteiger partial charge in [0.25, 0.3) is 5.91 Å². The highest BCUT2D eigenvalue weighted by Gasteiger charge is 2.51. The molecule has 3 amide bonds. The minimum Gasteiger partial charge on any atom is -0.319 e. The quantitative estimate of drug-likeness (QED) is 0.660. The van der Waals surface area contributed by atoms with Crippen LogP contribution in [0.3, 0.4) is 0 Å². The zero-order valence-corrected chi connectivity index (χ0v) is 14.0. The molecule has 1 fully saturated rings. The number of imide groups is 1. The van der Waals surface area contributed by atoms with Crippen molar-refractivity contribution in [2.45, 2.75) is 18.9 Å². The summed E-state index contributed by atoms with van der Waals surface area (Å²) < 4.78 is 26.5. The summed E-state index contributed by atoms with van der Waals surface area (Å²) in [4.78, 5) is 38.4. The van der Waals surface area contributed by atoms with Gasteiger partial charge in [0, 0.05) is 5.56 Å². The molecule has 0 unspecified atom stereocenters. The number of Topliss-reactive ketones (excluding diaryl/α,β-unsaturated/α-hetero) is 1. The van der Waals surface area contributed by atoms with Crippen LogP contribution < -0.4 is 5.32 Å². The molecule has 1 heterocycles. The Morgan fingerprint density at radius 3 is 2.38 bits per heavy atom. The van der Waals surface area contributed by atoms with Gasteiger partial charge < -0.3 is 5.32 Å². The van der Waals surface area contributed by atoms with Gasteiger partial charge in [-0.15, -0.1) is 0 Å². The molecule has 1 saturated heterocycles. The summed E-state index contributed by atoms with van der Waals surface area (Å²) in [5.74, 6) is -2.20. The van der Waals surface area contributed by atoms with E-state index < -0.39 is 41.4 Å². The summed E-state index contributed by atoms with van der Waals surface area (Å²) in [6.45, 7) is 1.20. The predicted molar refractivity (Wildman–Crippen MR) is 89.3 cm³/mol. The molecule has 3 rings (SSSR count). The van der Waals surface area contributed by atoms with E-state index in [1.165, 1.54) is 42.5 Å². The molecule has 0 aliphatic carbocycles. The largest absolute Gasteiger partial charge is 0.325 e. The average molecular weight is 358 g/mol. The van der Waals surface area contributed by atoms with E-state index in [1.54, 1.807) is 6.92 Å². The topological polar surface area (TPSA) is 66.5 Å². The minimum atomic E-state index is -1.35. The number of hydrogen-bond donors (Lipinski definition) is 1. The zero-order valence-electron chi connectivity index (χ0n) is 14.0. The van der Waals surface area contributed by atoms with Crippen molar-refractivity contribution in [3.8, 4) is 0 Å². The highest BCUT2D eigenvalue weighted by molar-refractivity contribution is 6.11. The Labute approximate surface area is 148 Å². The normalized spacial score (nSPS) is 19.6. The molecule has 0 radical (unpaired) electrons. The Kier molecular flexibility index (Phi) is 4.54. The molecule has 7 heteroatoms. The van der Waals surface area contributed by atoms with Crippen LogP contribution >= 0.6 is 0 Å². The minimum absolute atomic E-state index is 0.0707. The van der Waals surface area contributed by atoms with E-state index in [-0.39, 0.29) is 12.0 Å². The van der Waals surface area contributed by atoms with Crippen molar-refractivity contribution in [2.75, 3.05) is 6.54 Å². The van der Waals surface area contributed by atoms with Crippen LogP contribution in [0.1, 0.15) is 29.3 Å². The standard InChI is InChI=1S/C19H16F2N2O3/c1-2-19(13-6-8-14(20)9-7-13)17(25)23(18(26)22-19)11-16(24)12-4-3-5-15(21)10-12/h3-10H,2,11H2,1H3,(H,22,26)/t19-/m1/s1. The zero-order chi connectivity index (χ0) is 18.9. The lowest BCUT2D eigenvalue weighted by Crippen LogP contribution is -2.43. The Bertz CT molecular complexity index is 883. The number of amides is 3. The van der Waals surface area contributed by atoms with Crippen LogP contribution in [0.15, 0.2) is 48.5 Å². The summed E-state index contributed by atoms with van der Waals surface area (Å²) in [6.07, 6.45) is 0.230. The van der Waals surface area contributed by atoms with Gasteiger partial charge in [-0.25, -0.2) is 13.6 Å². The van der Waals surface area contributed by atoms with Gasteiger partial charge in [-0.1, -0.05) is 31.2 Å². The number of benzene rings is 2. The van der Waals surface area contributed by atoms with Crippen molar-refractivity contribution in [1.29, 1.82) is 0 Å². The van der Waals surface area contributed by atoms with Gasteiger partial charge in [0.05, 0.1) is 6.54 Å². The fourth-order valence-corrected chi connectivity index (χ4v) is 3.04. The molecule has 2 aromatic carbocycles. The van der Waals surface area contributed by atoms with E-state index >= 15 is 0 Å². The second kappa shape index (κ2) is 6.67. The van der Waals surface area contributed by atoms with Gasteiger partial charge in [0.1, 0.15) is 17.2 Å². The Morgan fingerprint density at radius 2 is 1.77 bits per heavy atom. The molecular formula is C19H16F2N2O3. The van der Waals surface area contributed by atoms with Gasteiger partial charge >= 0.3 is 6.03 Å². The molecular weight excluding hydrogens is 342 g/mol. The molecule has 1 aliphatic heterocycles. The lowest BCUT2D eigenvalue weighted by molar-refractivity contribution is -0.131.